The predicted molar refractivity (Wildman–Crippen MR) is 105 cm³/mol. The summed E-state index contributed by atoms with van der Waals surface area (Å²) in [4.78, 5) is 10.6. The van der Waals surface area contributed by atoms with Crippen LogP contribution in [0.25, 0.3) is 0 Å². The predicted octanol–water partition coefficient (Wildman–Crippen LogP) is 2.53. The number of benzene rings is 2. The van der Waals surface area contributed by atoms with Crippen molar-refractivity contribution in [2.24, 2.45) is 0 Å². The molecular formula is C18H23N3O6S. The Morgan fingerprint density at radius 2 is 1.93 bits per heavy atom. The molecule has 2 aromatic rings. The summed E-state index contributed by atoms with van der Waals surface area (Å²) in [5.74, 6) is 0.673. The maximum atomic E-state index is 12.4. The van der Waals surface area contributed by atoms with Crippen molar-refractivity contribution >= 4 is 21.4 Å². The van der Waals surface area contributed by atoms with E-state index in [4.69, 9.17) is 9.47 Å². The molecule has 0 bridgehead atoms. The van der Waals surface area contributed by atoms with Crippen LogP contribution in [0.1, 0.15) is 12.5 Å². The van der Waals surface area contributed by atoms with Gasteiger partial charge in [-0.15, -0.1) is 0 Å². The van der Waals surface area contributed by atoms with E-state index in [0.29, 0.717) is 12.3 Å². The molecule has 152 valence electrons. The molecule has 0 radical (unpaired) electrons. The van der Waals surface area contributed by atoms with Gasteiger partial charge in [0, 0.05) is 25.8 Å². The van der Waals surface area contributed by atoms with Crippen molar-refractivity contribution in [3.8, 4) is 5.75 Å². The Bertz CT molecular complexity index is 933. The molecule has 0 aliphatic carbocycles. The van der Waals surface area contributed by atoms with Crippen LogP contribution in [0.5, 0.6) is 5.75 Å². The lowest BCUT2D eigenvalue weighted by Crippen LogP contribution is -2.35. The molecule has 1 atom stereocenters. The van der Waals surface area contributed by atoms with Crippen molar-refractivity contribution in [2.45, 2.75) is 24.4 Å². The second-order valence-electron chi connectivity index (χ2n) is 6.12. The quantitative estimate of drug-likeness (QED) is 0.457. The average Bonchev–Trinajstić information content (AvgIpc) is 2.66. The molecule has 0 aliphatic rings. The lowest BCUT2D eigenvalue weighted by Gasteiger charge is -2.14. The number of nitrogens with one attached hydrogen (secondary N) is 2. The minimum absolute atomic E-state index is 0.182. The first-order chi connectivity index (χ1) is 13.3. The van der Waals surface area contributed by atoms with Crippen molar-refractivity contribution in [3.63, 3.8) is 0 Å². The molecule has 28 heavy (non-hydrogen) atoms. The van der Waals surface area contributed by atoms with Crippen LogP contribution >= 0.6 is 0 Å². The van der Waals surface area contributed by atoms with Gasteiger partial charge in [0.1, 0.15) is 11.4 Å². The number of nitro groups is 1. The van der Waals surface area contributed by atoms with Crippen LogP contribution in [-0.4, -0.2) is 40.2 Å². The third kappa shape index (κ3) is 5.65. The minimum Gasteiger partial charge on any atom is -0.497 e. The number of hydrogen-bond acceptors (Lipinski definition) is 7. The van der Waals surface area contributed by atoms with E-state index in [1.54, 1.807) is 26.2 Å². The highest BCUT2D eigenvalue weighted by Crippen LogP contribution is 2.28. The minimum atomic E-state index is -3.91. The number of anilines is 1. The second-order valence-corrected chi connectivity index (χ2v) is 7.83. The van der Waals surface area contributed by atoms with Gasteiger partial charge in [-0.1, -0.05) is 12.1 Å². The fraction of sp³-hybridized carbons (Fsp3) is 0.333. The van der Waals surface area contributed by atoms with Crippen molar-refractivity contribution in [3.05, 3.63) is 58.1 Å². The zero-order chi connectivity index (χ0) is 20.7. The zero-order valence-corrected chi connectivity index (χ0v) is 16.7. The molecule has 0 aliphatic heterocycles. The first-order valence-corrected chi connectivity index (χ1v) is 9.91. The van der Waals surface area contributed by atoms with E-state index in [2.05, 4.69) is 10.0 Å². The molecule has 2 rings (SSSR count). The SMILES string of the molecule is COC[C@H](C)NS(=O)(=O)c1ccc(NCc2cccc(OC)c2)c([N+](=O)[O-])c1. The highest BCUT2D eigenvalue weighted by molar-refractivity contribution is 7.89. The van der Waals surface area contributed by atoms with E-state index in [0.717, 1.165) is 11.6 Å². The van der Waals surface area contributed by atoms with Crippen molar-refractivity contribution in [1.82, 2.24) is 4.72 Å². The van der Waals surface area contributed by atoms with Crippen molar-refractivity contribution in [1.29, 1.82) is 0 Å². The molecule has 0 unspecified atom stereocenters. The molecule has 2 aromatic carbocycles. The van der Waals surface area contributed by atoms with E-state index >= 15 is 0 Å². The summed E-state index contributed by atoms with van der Waals surface area (Å²) in [6, 6.07) is 10.5. The van der Waals surface area contributed by atoms with Gasteiger partial charge in [-0.25, -0.2) is 13.1 Å². The third-order valence-electron chi connectivity index (χ3n) is 3.87. The number of methoxy groups -OCH3 is 2. The monoisotopic (exact) mass is 409 g/mol. The normalized spacial score (nSPS) is 12.4. The summed E-state index contributed by atoms with van der Waals surface area (Å²) in [5, 5.41) is 14.4. The van der Waals surface area contributed by atoms with E-state index in [1.165, 1.54) is 19.2 Å². The second kappa shape index (κ2) is 9.49. The molecule has 0 fully saturated rings. The van der Waals surface area contributed by atoms with Crippen LogP contribution in [0.3, 0.4) is 0 Å². The van der Waals surface area contributed by atoms with Gasteiger partial charge in [0.05, 0.1) is 23.5 Å². The van der Waals surface area contributed by atoms with Gasteiger partial charge in [-0.2, -0.15) is 0 Å². The van der Waals surface area contributed by atoms with Crippen LogP contribution in [0, 0.1) is 10.1 Å². The summed E-state index contributed by atoms with van der Waals surface area (Å²) in [7, 11) is -0.899. The Balaban J connectivity index is 2.23. The number of nitrogens with zero attached hydrogens (tertiary/aromatic N) is 1. The third-order valence-corrected chi connectivity index (χ3v) is 5.45. The summed E-state index contributed by atoms with van der Waals surface area (Å²) >= 11 is 0. The van der Waals surface area contributed by atoms with E-state index in [9.17, 15) is 18.5 Å². The lowest BCUT2D eigenvalue weighted by atomic mass is 10.2. The number of sulfonamides is 1. The largest absolute Gasteiger partial charge is 0.497 e. The smallest absolute Gasteiger partial charge is 0.293 e. The Labute approximate surface area is 163 Å². The van der Waals surface area contributed by atoms with Crippen LogP contribution in [0.15, 0.2) is 47.4 Å². The Morgan fingerprint density at radius 1 is 1.18 bits per heavy atom. The first-order valence-electron chi connectivity index (χ1n) is 8.43. The topological polar surface area (TPSA) is 120 Å². The standard InChI is InChI=1S/C18H23N3O6S/c1-13(12-26-2)20-28(24,25)16-7-8-17(18(10-16)21(22)23)19-11-14-5-4-6-15(9-14)27-3/h4-10,13,19-20H,11-12H2,1-3H3/t13-/m0/s1. The summed E-state index contributed by atoms with van der Waals surface area (Å²) in [6.45, 7) is 2.13. The molecule has 0 aromatic heterocycles. The fourth-order valence-electron chi connectivity index (χ4n) is 2.58. The Hall–Kier alpha value is -2.69. The number of ether oxygens (including phenoxy) is 2. The number of nitro benzene ring substituents is 1. The van der Waals surface area contributed by atoms with Gasteiger partial charge in [0.15, 0.2) is 0 Å². The summed E-state index contributed by atoms with van der Waals surface area (Å²) in [5.41, 5.74) is 0.752. The van der Waals surface area contributed by atoms with E-state index in [-0.39, 0.29) is 22.9 Å². The molecule has 0 saturated carbocycles. The van der Waals surface area contributed by atoms with Crippen LogP contribution in [-0.2, 0) is 21.3 Å². The lowest BCUT2D eigenvalue weighted by molar-refractivity contribution is -0.384. The van der Waals surface area contributed by atoms with E-state index < -0.39 is 21.0 Å². The molecular weight excluding hydrogens is 386 g/mol. The molecule has 10 heteroatoms. The average molecular weight is 409 g/mol. The van der Waals surface area contributed by atoms with Crippen molar-refractivity contribution < 1.29 is 22.8 Å². The highest BCUT2D eigenvalue weighted by Gasteiger charge is 2.23. The Kier molecular flexibility index (Phi) is 7.32. The van der Waals surface area contributed by atoms with Gasteiger partial charge >= 0.3 is 0 Å². The fourth-order valence-corrected chi connectivity index (χ4v) is 3.82. The molecule has 2 N–H and O–H groups in total. The maximum absolute atomic E-state index is 12.4. The van der Waals surface area contributed by atoms with Gasteiger partial charge < -0.3 is 14.8 Å². The van der Waals surface area contributed by atoms with Crippen molar-refractivity contribution in [2.75, 3.05) is 26.1 Å². The Morgan fingerprint density at radius 3 is 2.57 bits per heavy atom. The van der Waals surface area contributed by atoms with Gasteiger partial charge in [-0.3, -0.25) is 10.1 Å². The molecule has 0 heterocycles. The van der Waals surface area contributed by atoms with E-state index in [1.807, 2.05) is 12.1 Å². The molecule has 0 saturated heterocycles. The molecule has 0 amide bonds. The highest BCUT2D eigenvalue weighted by atomic mass is 32.2. The van der Waals surface area contributed by atoms with Gasteiger partial charge in [-0.05, 0) is 36.8 Å². The summed E-state index contributed by atoms with van der Waals surface area (Å²) < 4.78 is 37.3. The first kappa shape index (κ1) is 21.6. The number of hydrogen-bond donors (Lipinski definition) is 2. The van der Waals surface area contributed by atoms with Gasteiger partial charge in [0.25, 0.3) is 5.69 Å². The summed E-state index contributed by atoms with van der Waals surface area (Å²) in [6.07, 6.45) is 0. The number of rotatable bonds is 10. The maximum Gasteiger partial charge on any atom is 0.293 e. The van der Waals surface area contributed by atoms with Crippen LogP contribution < -0.4 is 14.8 Å². The molecule has 9 nitrogen and oxygen atoms in total. The zero-order valence-electron chi connectivity index (χ0n) is 15.8. The molecule has 0 spiro atoms. The van der Waals surface area contributed by atoms with Crippen LogP contribution in [0.4, 0.5) is 11.4 Å². The van der Waals surface area contributed by atoms with Crippen LogP contribution in [0.2, 0.25) is 0 Å². The van der Waals surface area contributed by atoms with Gasteiger partial charge in [0.2, 0.25) is 10.0 Å².